The monoisotopic (exact) mass is 254 g/mol. The number of aromatic hydroxyl groups is 1. The zero-order chi connectivity index (χ0) is 12.4. The number of nitrogens with two attached hydrogens (primary N) is 1. The van der Waals surface area contributed by atoms with Crippen LogP contribution in [0.5, 0.6) is 5.75 Å². The van der Waals surface area contributed by atoms with Crippen molar-refractivity contribution < 1.29 is 9.32 Å². The quantitative estimate of drug-likeness (QED) is 0.825. The van der Waals surface area contributed by atoms with Gasteiger partial charge in [-0.2, -0.15) is 0 Å². The van der Waals surface area contributed by atoms with E-state index in [1.54, 1.807) is 6.07 Å². The summed E-state index contributed by atoms with van der Waals surface area (Å²) in [6.07, 6.45) is 0. The molecule has 0 spiro atoms. The van der Waals surface area contributed by atoms with E-state index in [2.05, 4.69) is 4.90 Å². The Morgan fingerprint density at radius 3 is 2.59 bits per heavy atom. The average Bonchev–Trinajstić information content (AvgIpc) is 2.29. The lowest BCUT2D eigenvalue weighted by atomic mass is 10.1. The second-order valence-electron chi connectivity index (χ2n) is 4.37. The maximum absolute atomic E-state index is 11.3. The van der Waals surface area contributed by atoms with Crippen LogP contribution in [0.15, 0.2) is 18.2 Å². The molecule has 1 heterocycles. The number of hydrogen-bond donors (Lipinski definition) is 2. The summed E-state index contributed by atoms with van der Waals surface area (Å²) in [5.74, 6) is 1.65. The Morgan fingerprint density at radius 2 is 2.06 bits per heavy atom. The van der Waals surface area contributed by atoms with Gasteiger partial charge in [0.1, 0.15) is 5.75 Å². The summed E-state index contributed by atoms with van der Waals surface area (Å²) in [5, 5.41) is 9.88. The van der Waals surface area contributed by atoms with Crippen molar-refractivity contribution in [2.24, 2.45) is 5.73 Å². The van der Waals surface area contributed by atoms with Crippen LogP contribution >= 0.6 is 0 Å². The summed E-state index contributed by atoms with van der Waals surface area (Å²) in [5.41, 5.74) is 7.48. The highest BCUT2D eigenvalue weighted by molar-refractivity contribution is 7.85. The van der Waals surface area contributed by atoms with Gasteiger partial charge in [-0.3, -0.25) is 4.21 Å². The Bertz CT molecular complexity index is 425. The SMILES string of the molecule is CC(N)c1ccc(N2CCS(=O)CC2)cc1O. The molecule has 94 valence electrons. The first-order chi connectivity index (χ1) is 8.08. The van der Waals surface area contributed by atoms with Crippen LogP contribution in [-0.4, -0.2) is 33.9 Å². The Morgan fingerprint density at radius 1 is 1.41 bits per heavy atom. The molecule has 1 aromatic rings. The van der Waals surface area contributed by atoms with Crippen molar-refractivity contribution in [3.63, 3.8) is 0 Å². The Labute approximate surface area is 104 Å². The van der Waals surface area contributed by atoms with E-state index in [9.17, 15) is 9.32 Å². The average molecular weight is 254 g/mol. The first-order valence-electron chi connectivity index (χ1n) is 5.76. The molecule has 5 heteroatoms. The summed E-state index contributed by atoms with van der Waals surface area (Å²) in [6.45, 7) is 3.41. The third-order valence-electron chi connectivity index (χ3n) is 3.05. The molecule has 0 aromatic heterocycles. The largest absolute Gasteiger partial charge is 0.508 e. The number of hydrogen-bond acceptors (Lipinski definition) is 4. The minimum Gasteiger partial charge on any atom is -0.508 e. The maximum Gasteiger partial charge on any atom is 0.122 e. The van der Waals surface area contributed by atoms with Crippen molar-refractivity contribution in [1.82, 2.24) is 0 Å². The van der Waals surface area contributed by atoms with Crippen LogP contribution in [0.3, 0.4) is 0 Å². The van der Waals surface area contributed by atoms with Gasteiger partial charge in [0.25, 0.3) is 0 Å². The van der Waals surface area contributed by atoms with Gasteiger partial charge in [0, 0.05) is 58.8 Å². The van der Waals surface area contributed by atoms with Gasteiger partial charge in [-0.25, -0.2) is 0 Å². The standard InChI is InChI=1S/C12H18N2O2S/c1-9(13)11-3-2-10(8-12(11)15)14-4-6-17(16)7-5-14/h2-3,8-9,15H,4-7,13H2,1H3. The van der Waals surface area contributed by atoms with E-state index >= 15 is 0 Å². The number of phenols is 1. The normalized spacial score (nSPS) is 19.3. The molecule has 0 saturated carbocycles. The molecule has 1 aromatic carbocycles. The van der Waals surface area contributed by atoms with E-state index in [1.807, 2.05) is 19.1 Å². The highest BCUT2D eigenvalue weighted by Gasteiger charge is 2.16. The van der Waals surface area contributed by atoms with E-state index in [1.165, 1.54) is 0 Å². The third-order valence-corrected chi connectivity index (χ3v) is 4.32. The molecule has 3 N–H and O–H groups in total. The van der Waals surface area contributed by atoms with Crippen LogP contribution < -0.4 is 10.6 Å². The minimum absolute atomic E-state index is 0.169. The Hall–Kier alpha value is -1.07. The summed E-state index contributed by atoms with van der Waals surface area (Å²) >= 11 is 0. The second-order valence-corrected chi connectivity index (χ2v) is 6.06. The molecule has 1 saturated heterocycles. The molecule has 1 aliphatic heterocycles. The number of anilines is 1. The number of phenolic OH excluding ortho intramolecular Hbond substituents is 1. The number of nitrogens with zero attached hydrogens (tertiary/aromatic N) is 1. The highest BCUT2D eigenvalue weighted by atomic mass is 32.2. The van der Waals surface area contributed by atoms with Crippen molar-refractivity contribution in [2.75, 3.05) is 29.5 Å². The lowest BCUT2D eigenvalue weighted by Crippen LogP contribution is -2.37. The van der Waals surface area contributed by atoms with Gasteiger partial charge < -0.3 is 15.7 Å². The van der Waals surface area contributed by atoms with Crippen LogP contribution in [0.25, 0.3) is 0 Å². The van der Waals surface area contributed by atoms with Gasteiger partial charge in [0.2, 0.25) is 0 Å². The molecule has 0 amide bonds. The predicted molar refractivity (Wildman–Crippen MR) is 70.8 cm³/mol. The zero-order valence-corrected chi connectivity index (χ0v) is 10.7. The number of rotatable bonds is 2. The van der Waals surface area contributed by atoms with Crippen molar-refractivity contribution >= 4 is 16.5 Å². The summed E-state index contributed by atoms with van der Waals surface area (Å²) in [6, 6.07) is 5.40. The van der Waals surface area contributed by atoms with E-state index in [-0.39, 0.29) is 11.8 Å². The molecule has 17 heavy (non-hydrogen) atoms. The lowest BCUT2D eigenvalue weighted by Gasteiger charge is -2.28. The highest BCUT2D eigenvalue weighted by Crippen LogP contribution is 2.28. The lowest BCUT2D eigenvalue weighted by molar-refractivity contribution is 0.463. The van der Waals surface area contributed by atoms with Crippen molar-refractivity contribution in [3.8, 4) is 5.75 Å². The predicted octanol–water partition coefficient (Wildman–Crippen LogP) is 0.981. The van der Waals surface area contributed by atoms with Crippen molar-refractivity contribution in [1.29, 1.82) is 0 Å². The van der Waals surface area contributed by atoms with Gasteiger partial charge in [0.15, 0.2) is 0 Å². The van der Waals surface area contributed by atoms with Crippen LogP contribution in [-0.2, 0) is 10.8 Å². The van der Waals surface area contributed by atoms with Gasteiger partial charge in [0.05, 0.1) is 0 Å². The first-order valence-corrected chi connectivity index (χ1v) is 7.25. The Kier molecular flexibility index (Phi) is 3.69. The summed E-state index contributed by atoms with van der Waals surface area (Å²) in [4.78, 5) is 2.14. The van der Waals surface area contributed by atoms with Crippen LogP contribution in [0.4, 0.5) is 5.69 Å². The minimum atomic E-state index is -0.676. The first kappa shape index (κ1) is 12.4. The van der Waals surface area contributed by atoms with E-state index in [0.717, 1.165) is 24.3 Å². The Balaban J connectivity index is 2.17. The van der Waals surface area contributed by atoms with Gasteiger partial charge >= 0.3 is 0 Å². The zero-order valence-electron chi connectivity index (χ0n) is 9.93. The van der Waals surface area contributed by atoms with Gasteiger partial charge in [-0.15, -0.1) is 0 Å². The van der Waals surface area contributed by atoms with Crippen molar-refractivity contribution in [3.05, 3.63) is 23.8 Å². The molecule has 2 rings (SSSR count). The summed E-state index contributed by atoms with van der Waals surface area (Å²) < 4.78 is 11.3. The molecule has 1 fully saturated rings. The fraction of sp³-hybridized carbons (Fsp3) is 0.500. The molecule has 0 aliphatic carbocycles. The molecule has 4 nitrogen and oxygen atoms in total. The van der Waals surface area contributed by atoms with Crippen LogP contribution in [0, 0.1) is 0 Å². The van der Waals surface area contributed by atoms with E-state index in [4.69, 9.17) is 5.73 Å². The molecule has 1 aliphatic rings. The molecule has 1 unspecified atom stereocenters. The smallest absolute Gasteiger partial charge is 0.122 e. The topological polar surface area (TPSA) is 66.6 Å². The van der Waals surface area contributed by atoms with E-state index < -0.39 is 10.8 Å². The molecule has 0 bridgehead atoms. The molecular weight excluding hydrogens is 236 g/mol. The van der Waals surface area contributed by atoms with Gasteiger partial charge in [-0.1, -0.05) is 6.07 Å². The van der Waals surface area contributed by atoms with E-state index in [0.29, 0.717) is 11.5 Å². The van der Waals surface area contributed by atoms with Crippen LogP contribution in [0.1, 0.15) is 18.5 Å². The van der Waals surface area contributed by atoms with Crippen LogP contribution in [0.2, 0.25) is 0 Å². The molecule has 1 atom stereocenters. The third kappa shape index (κ3) is 2.79. The molecule has 0 radical (unpaired) electrons. The second kappa shape index (κ2) is 5.06. The van der Waals surface area contributed by atoms with Crippen molar-refractivity contribution in [2.45, 2.75) is 13.0 Å². The molecular formula is C12H18N2O2S. The maximum atomic E-state index is 11.3. The fourth-order valence-corrected chi connectivity index (χ4v) is 3.06. The number of benzene rings is 1. The fourth-order valence-electron chi connectivity index (χ4n) is 2.01. The van der Waals surface area contributed by atoms with Gasteiger partial charge in [-0.05, 0) is 13.0 Å². The summed E-state index contributed by atoms with van der Waals surface area (Å²) in [7, 11) is -0.676.